The van der Waals surface area contributed by atoms with Crippen LogP contribution in [0.1, 0.15) is 39.0 Å². The lowest BCUT2D eigenvalue weighted by Crippen LogP contribution is -2.06. The second kappa shape index (κ2) is 10.0. The molecule has 0 aromatic carbocycles. The number of hydrogen-bond donors (Lipinski definition) is 0. The van der Waals surface area contributed by atoms with Crippen LogP contribution in [0.2, 0.25) is 0 Å². The molecule has 0 rings (SSSR count). The van der Waals surface area contributed by atoms with Crippen molar-refractivity contribution in [3.8, 4) is 0 Å². The zero-order chi connectivity index (χ0) is 10.6. The summed E-state index contributed by atoms with van der Waals surface area (Å²) in [5.74, 6) is 0. The van der Waals surface area contributed by atoms with E-state index in [1.165, 1.54) is 25.7 Å². The van der Waals surface area contributed by atoms with Crippen LogP contribution in [-0.4, -0.2) is 12.6 Å². The molecule has 0 aliphatic carbocycles. The summed E-state index contributed by atoms with van der Waals surface area (Å²) in [4.78, 5) is 10.0. The van der Waals surface area contributed by atoms with Gasteiger partial charge in [-0.05, 0) is 18.9 Å². The first-order valence-corrected chi connectivity index (χ1v) is 5.15. The Balaban J connectivity index is 3.65. The van der Waals surface area contributed by atoms with Crippen LogP contribution in [-0.2, 0) is 9.53 Å². The Kier molecular flexibility index (Phi) is 9.28. The van der Waals surface area contributed by atoms with Crippen molar-refractivity contribution in [2.45, 2.75) is 45.1 Å². The molecule has 0 aromatic rings. The SMILES string of the molecule is C=CCC(/C=C/CCCCC)O[C]=O. The van der Waals surface area contributed by atoms with Crippen molar-refractivity contribution in [3.05, 3.63) is 24.8 Å². The summed E-state index contributed by atoms with van der Waals surface area (Å²) in [7, 11) is 0. The quantitative estimate of drug-likeness (QED) is 0.417. The third-order valence-corrected chi connectivity index (χ3v) is 1.92. The van der Waals surface area contributed by atoms with E-state index in [0.717, 1.165) is 6.42 Å². The Morgan fingerprint density at radius 3 is 2.86 bits per heavy atom. The van der Waals surface area contributed by atoms with Gasteiger partial charge in [-0.25, -0.2) is 4.79 Å². The molecular formula is C12H19O2. The van der Waals surface area contributed by atoms with E-state index in [-0.39, 0.29) is 6.10 Å². The number of hydrogen-bond acceptors (Lipinski definition) is 2. The number of allylic oxidation sites excluding steroid dienone is 1. The summed E-state index contributed by atoms with van der Waals surface area (Å²) in [5, 5.41) is 0. The average Bonchev–Trinajstić information content (AvgIpc) is 2.18. The summed E-state index contributed by atoms with van der Waals surface area (Å²) < 4.78 is 4.73. The molecule has 1 radical (unpaired) electrons. The molecule has 0 saturated heterocycles. The molecular weight excluding hydrogens is 176 g/mol. The molecule has 0 amide bonds. The monoisotopic (exact) mass is 195 g/mol. The summed E-state index contributed by atoms with van der Waals surface area (Å²) in [5.41, 5.74) is 0. The standard InChI is InChI=1S/C12H19O2/c1-3-5-6-7-8-10-12(9-4-2)14-11-13/h4,8,10,12H,2-3,5-7,9H2,1H3/b10-8+. The molecule has 1 unspecified atom stereocenters. The first-order valence-electron chi connectivity index (χ1n) is 5.15. The van der Waals surface area contributed by atoms with E-state index >= 15 is 0 Å². The molecule has 0 aromatic heterocycles. The predicted octanol–water partition coefficient (Wildman–Crippen LogP) is 3.15. The minimum atomic E-state index is -0.188. The molecule has 0 saturated carbocycles. The minimum Gasteiger partial charge on any atom is -0.449 e. The second-order valence-corrected chi connectivity index (χ2v) is 3.19. The predicted molar refractivity (Wildman–Crippen MR) is 58.7 cm³/mol. The van der Waals surface area contributed by atoms with Crippen LogP contribution in [0, 0.1) is 0 Å². The maximum absolute atomic E-state index is 10.0. The topological polar surface area (TPSA) is 26.3 Å². The van der Waals surface area contributed by atoms with Gasteiger partial charge in [0, 0.05) is 6.42 Å². The Hall–Kier alpha value is -1.05. The second-order valence-electron chi connectivity index (χ2n) is 3.19. The number of carbonyl (C=O) groups excluding carboxylic acids is 1. The van der Waals surface area contributed by atoms with Gasteiger partial charge < -0.3 is 4.74 Å². The summed E-state index contributed by atoms with van der Waals surface area (Å²) in [6.07, 6.45) is 10.9. The van der Waals surface area contributed by atoms with E-state index in [9.17, 15) is 4.79 Å². The minimum absolute atomic E-state index is 0.188. The van der Waals surface area contributed by atoms with Crippen LogP contribution < -0.4 is 0 Å². The Morgan fingerprint density at radius 1 is 1.50 bits per heavy atom. The van der Waals surface area contributed by atoms with E-state index < -0.39 is 0 Å². The van der Waals surface area contributed by atoms with E-state index in [2.05, 4.69) is 19.6 Å². The molecule has 2 heteroatoms. The van der Waals surface area contributed by atoms with Crippen LogP contribution in [0.5, 0.6) is 0 Å². The van der Waals surface area contributed by atoms with Gasteiger partial charge in [0.2, 0.25) is 0 Å². The zero-order valence-corrected chi connectivity index (χ0v) is 8.87. The molecule has 0 N–H and O–H groups in total. The van der Waals surface area contributed by atoms with Crippen LogP contribution in [0.3, 0.4) is 0 Å². The third kappa shape index (κ3) is 7.59. The largest absolute Gasteiger partial charge is 0.449 e. The molecule has 0 fully saturated rings. The molecule has 1 atom stereocenters. The van der Waals surface area contributed by atoms with Gasteiger partial charge in [0.1, 0.15) is 6.10 Å². The van der Waals surface area contributed by atoms with Gasteiger partial charge in [0.05, 0.1) is 0 Å². The van der Waals surface area contributed by atoms with Gasteiger partial charge in [-0.3, -0.25) is 0 Å². The van der Waals surface area contributed by atoms with E-state index in [1.807, 2.05) is 6.08 Å². The number of ether oxygens (including phenoxy) is 1. The lowest BCUT2D eigenvalue weighted by Gasteiger charge is -2.05. The highest BCUT2D eigenvalue weighted by atomic mass is 16.5. The highest BCUT2D eigenvalue weighted by molar-refractivity contribution is 5.39. The van der Waals surface area contributed by atoms with E-state index in [4.69, 9.17) is 4.74 Å². The van der Waals surface area contributed by atoms with Crippen molar-refractivity contribution in [2.75, 3.05) is 0 Å². The maximum Gasteiger partial charge on any atom is 0.418 e. The van der Waals surface area contributed by atoms with Gasteiger partial charge in [0.25, 0.3) is 0 Å². The first-order chi connectivity index (χ1) is 6.85. The van der Waals surface area contributed by atoms with Gasteiger partial charge in [-0.2, -0.15) is 0 Å². The normalized spacial score (nSPS) is 12.6. The van der Waals surface area contributed by atoms with Gasteiger partial charge >= 0.3 is 6.47 Å². The van der Waals surface area contributed by atoms with Crippen molar-refractivity contribution in [2.24, 2.45) is 0 Å². The van der Waals surface area contributed by atoms with E-state index in [1.54, 1.807) is 6.08 Å². The van der Waals surface area contributed by atoms with Crippen molar-refractivity contribution in [1.29, 1.82) is 0 Å². The maximum atomic E-state index is 10.0. The van der Waals surface area contributed by atoms with Crippen LogP contribution in [0.25, 0.3) is 0 Å². The van der Waals surface area contributed by atoms with E-state index in [0.29, 0.717) is 6.42 Å². The lowest BCUT2D eigenvalue weighted by molar-refractivity contribution is 0.221. The summed E-state index contributed by atoms with van der Waals surface area (Å²) in [6, 6.07) is 0. The molecule has 0 aliphatic heterocycles. The van der Waals surface area contributed by atoms with Crippen molar-refractivity contribution in [3.63, 3.8) is 0 Å². The van der Waals surface area contributed by atoms with Crippen LogP contribution in [0.15, 0.2) is 24.8 Å². The molecule has 14 heavy (non-hydrogen) atoms. The summed E-state index contributed by atoms with van der Waals surface area (Å²) in [6.45, 7) is 7.23. The van der Waals surface area contributed by atoms with Gasteiger partial charge in [-0.1, -0.05) is 31.9 Å². The average molecular weight is 195 g/mol. The molecule has 0 aliphatic rings. The molecule has 79 valence electrons. The number of rotatable bonds is 9. The van der Waals surface area contributed by atoms with Crippen LogP contribution in [0.4, 0.5) is 0 Å². The highest BCUT2D eigenvalue weighted by Gasteiger charge is 2.00. The smallest absolute Gasteiger partial charge is 0.418 e. The van der Waals surface area contributed by atoms with Gasteiger partial charge in [0.15, 0.2) is 0 Å². The number of unbranched alkanes of at least 4 members (excludes halogenated alkanes) is 3. The first kappa shape index (κ1) is 12.9. The van der Waals surface area contributed by atoms with Gasteiger partial charge in [-0.15, -0.1) is 6.58 Å². The molecule has 0 spiro atoms. The Bertz CT molecular complexity index is 163. The molecule has 0 bridgehead atoms. The fourth-order valence-electron chi connectivity index (χ4n) is 1.15. The molecule has 0 heterocycles. The highest BCUT2D eigenvalue weighted by Crippen LogP contribution is 2.04. The fraction of sp³-hybridized carbons (Fsp3) is 0.583. The Morgan fingerprint density at radius 2 is 2.29 bits per heavy atom. The van der Waals surface area contributed by atoms with Crippen molar-refractivity contribution >= 4 is 6.47 Å². The third-order valence-electron chi connectivity index (χ3n) is 1.92. The molecule has 2 nitrogen and oxygen atoms in total. The van der Waals surface area contributed by atoms with Crippen molar-refractivity contribution < 1.29 is 9.53 Å². The Labute approximate surface area is 86.6 Å². The zero-order valence-electron chi connectivity index (χ0n) is 8.87. The summed E-state index contributed by atoms with van der Waals surface area (Å²) >= 11 is 0. The van der Waals surface area contributed by atoms with Crippen molar-refractivity contribution in [1.82, 2.24) is 0 Å². The lowest BCUT2D eigenvalue weighted by atomic mass is 10.1. The van der Waals surface area contributed by atoms with Crippen LogP contribution >= 0.6 is 0 Å². The fourth-order valence-corrected chi connectivity index (χ4v) is 1.15.